The van der Waals surface area contributed by atoms with E-state index in [1.165, 1.54) is 17.7 Å². The van der Waals surface area contributed by atoms with Gasteiger partial charge in [-0.2, -0.15) is 0 Å². The number of nitro benzene ring substituents is 1. The molecule has 0 fully saturated rings. The van der Waals surface area contributed by atoms with Crippen molar-refractivity contribution in [2.45, 2.75) is 20.4 Å². The van der Waals surface area contributed by atoms with Crippen LogP contribution >= 0.6 is 0 Å². The van der Waals surface area contributed by atoms with Gasteiger partial charge in [-0.3, -0.25) is 19.8 Å². The molecule has 2 N–H and O–H groups in total. The monoisotopic (exact) mass is 442 g/mol. The lowest BCUT2D eigenvalue weighted by molar-refractivity contribution is -0.384. The molecule has 1 heterocycles. The van der Waals surface area contributed by atoms with Crippen molar-refractivity contribution in [2.24, 2.45) is 0 Å². The van der Waals surface area contributed by atoms with Crippen molar-refractivity contribution < 1.29 is 9.72 Å². The predicted octanol–water partition coefficient (Wildman–Crippen LogP) is 5.37. The van der Waals surface area contributed by atoms with E-state index in [1.807, 2.05) is 42.5 Å². The third-order valence-electron chi connectivity index (χ3n) is 5.79. The Labute approximate surface area is 192 Å². The van der Waals surface area contributed by atoms with Crippen LogP contribution in [0, 0.1) is 10.1 Å². The number of fused-ring (bicyclic) bond motifs is 1. The third kappa shape index (κ3) is 4.78. The predicted molar refractivity (Wildman–Crippen MR) is 132 cm³/mol. The third-order valence-corrected chi connectivity index (χ3v) is 5.79. The van der Waals surface area contributed by atoms with Gasteiger partial charge in [-0.25, -0.2) is 0 Å². The standard InChI is InChI=1S/C26H26N4O3/c1-3-29(4-2)17-18-10-12-20(13-11-18)27-25(19-8-6-5-7-9-19)24-22-16-21(30(32)33)14-15-23(22)28-26(24)31/h5-16,27H,3-4,17H2,1-2H3,(H,28,31). The summed E-state index contributed by atoms with van der Waals surface area (Å²) in [5.74, 6) is -0.296. The van der Waals surface area contributed by atoms with Gasteiger partial charge in [0.05, 0.1) is 16.2 Å². The Morgan fingerprint density at radius 3 is 2.33 bits per heavy atom. The molecule has 7 nitrogen and oxygen atoms in total. The largest absolute Gasteiger partial charge is 0.354 e. The Hall–Kier alpha value is -3.97. The number of anilines is 2. The summed E-state index contributed by atoms with van der Waals surface area (Å²) in [6.45, 7) is 7.14. The number of nitrogens with zero attached hydrogens (tertiary/aromatic N) is 2. The summed E-state index contributed by atoms with van der Waals surface area (Å²) in [6.07, 6.45) is 0. The summed E-state index contributed by atoms with van der Waals surface area (Å²) in [5, 5.41) is 17.6. The number of nitro groups is 1. The van der Waals surface area contributed by atoms with Gasteiger partial charge in [-0.05, 0) is 42.4 Å². The lowest BCUT2D eigenvalue weighted by Crippen LogP contribution is -2.22. The van der Waals surface area contributed by atoms with E-state index in [4.69, 9.17) is 0 Å². The average Bonchev–Trinajstić information content (AvgIpc) is 3.17. The summed E-state index contributed by atoms with van der Waals surface area (Å²) in [7, 11) is 0. The zero-order valence-corrected chi connectivity index (χ0v) is 18.7. The topological polar surface area (TPSA) is 87.5 Å². The molecule has 168 valence electrons. The zero-order valence-electron chi connectivity index (χ0n) is 18.7. The van der Waals surface area contributed by atoms with E-state index in [2.05, 4.69) is 41.5 Å². The summed E-state index contributed by atoms with van der Waals surface area (Å²) >= 11 is 0. The molecule has 0 radical (unpaired) electrons. The highest BCUT2D eigenvalue weighted by molar-refractivity contribution is 6.37. The molecule has 0 unspecified atom stereocenters. The Morgan fingerprint density at radius 2 is 1.70 bits per heavy atom. The molecule has 33 heavy (non-hydrogen) atoms. The molecule has 0 bridgehead atoms. The van der Waals surface area contributed by atoms with Crippen molar-refractivity contribution in [1.29, 1.82) is 0 Å². The molecule has 0 aromatic heterocycles. The summed E-state index contributed by atoms with van der Waals surface area (Å²) < 4.78 is 0. The SMILES string of the molecule is CCN(CC)Cc1ccc(NC(=C2C(=O)Nc3ccc([N+](=O)[O-])cc32)c2ccccc2)cc1. The van der Waals surface area contributed by atoms with Gasteiger partial charge in [0.25, 0.3) is 11.6 Å². The number of hydrogen-bond acceptors (Lipinski definition) is 5. The van der Waals surface area contributed by atoms with Gasteiger partial charge in [0.2, 0.25) is 0 Å². The summed E-state index contributed by atoms with van der Waals surface area (Å²) in [5.41, 5.74) is 4.85. The van der Waals surface area contributed by atoms with Gasteiger partial charge in [0.1, 0.15) is 0 Å². The van der Waals surface area contributed by atoms with Gasteiger partial charge in [0.15, 0.2) is 0 Å². The minimum absolute atomic E-state index is 0.0593. The molecule has 3 aromatic carbocycles. The lowest BCUT2D eigenvalue weighted by Gasteiger charge is -2.19. The quantitative estimate of drug-likeness (QED) is 0.278. The molecule has 0 spiro atoms. The fourth-order valence-electron chi connectivity index (χ4n) is 3.94. The van der Waals surface area contributed by atoms with Crippen molar-refractivity contribution in [3.8, 4) is 0 Å². The van der Waals surface area contributed by atoms with Crippen molar-refractivity contribution in [3.63, 3.8) is 0 Å². The van der Waals surface area contributed by atoms with E-state index in [-0.39, 0.29) is 11.6 Å². The number of benzene rings is 3. The number of non-ortho nitro benzene ring substituents is 1. The molecule has 1 amide bonds. The van der Waals surface area contributed by atoms with Crippen LogP contribution in [0.1, 0.15) is 30.5 Å². The van der Waals surface area contributed by atoms with Gasteiger partial charge >= 0.3 is 0 Å². The molecule has 7 heteroatoms. The van der Waals surface area contributed by atoms with Crippen LogP contribution in [0.25, 0.3) is 11.3 Å². The van der Waals surface area contributed by atoms with Crippen LogP contribution in [0.3, 0.4) is 0 Å². The smallest absolute Gasteiger partial charge is 0.270 e. The zero-order chi connectivity index (χ0) is 23.4. The van der Waals surface area contributed by atoms with Gasteiger partial charge in [-0.15, -0.1) is 0 Å². The molecular formula is C26H26N4O3. The fraction of sp³-hybridized carbons (Fsp3) is 0.192. The van der Waals surface area contributed by atoms with E-state index in [0.29, 0.717) is 22.5 Å². The fourth-order valence-corrected chi connectivity index (χ4v) is 3.94. The first-order valence-corrected chi connectivity index (χ1v) is 11.0. The maximum absolute atomic E-state index is 13.0. The van der Waals surface area contributed by atoms with Gasteiger partial charge in [0, 0.05) is 35.6 Å². The van der Waals surface area contributed by atoms with E-state index < -0.39 is 4.92 Å². The van der Waals surface area contributed by atoms with Gasteiger partial charge < -0.3 is 10.6 Å². The minimum Gasteiger partial charge on any atom is -0.354 e. The lowest BCUT2D eigenvalue weighted by atomic mass is 9.99. The van der Waals surface area contributed by atoms with Crippen LogP contribution < -0.4 is 10.6 Å². The summed E-state index contributed by atoms with van der Waals surface area (Å²) in [4.78, 5) is 26.2. The minimum atomic E-state index is -0.453. The number of carbonyl (C=O) groups is 1. The van der Waals surface area contributed by atoms with Crippen molar-refractivity contribution in [3.05, 3.63) is 99.6 Å². The molecule has 1 aliphatic heterocycles. The second-order valence-corrected chi connectivity index (χ2v) is 7.84. The molecule has 0 atom stereocenters. The molecule has 0 aliphatic carbocycles. The molecule has 0 saturated carbocycles. The first-order valence-electron chi connectivity index (χ1n) is 11.0. The van der Waals surface area contributed by atoms with Crippen LogP contribution in [0.5, 0.6) is 0 Å². The van der Waals surface area contributed by atoms with Crippen molar-refractivity contribution in [1.82, 2.24) is 4.90 Å². The van der Waals surface area contributed by atoms with Crippen LogP contribution in [-0.4, -0.2) is 28.8 Å². The second kappa shape index (κ2) is 9.67. The van der Waals surface area contributed by atoms with Crippen LogP contribution in [0.15, 0.2) is 72.8 Å². The number of amides is 1. The number of nitrogens with one attached hydrogen (secondary N) is 2. The molecular weight excluding hydrogens is 416 g/mol. The molecule has 4 rings (SSSR count). The maximum atomic E-state index is 13.0. The Balaban J connectivity index is 1.75. The highest BCUT2D eigenvalue weighted by atomic mass is 16.6. The van der Waals surface area contributed by atoms with E-state index in [1.54, 1.807) is 6.07 Å². The maximum Gasteiger partial charge on any atom is 0.270 e. The van der Waals surface area contributed by atoms with Crippen molar-refractivity contribution in [2.75, 3.05) is 23.7 Å². The molecule has 0 saturated heterocycles. The van der Waals surface area contributed by atoms with Gasteiger partial charge in [-0.1, -0.05) is 56.3 Å². The van der Waals surface area contributed by atoms with Crippen LogP contribution in [0.4, 0.5) is 17.1 Å². The van der Waals surface area contributed by atoms with E-state index in [0.717, 1.165) is 30.9 Å². The Kier molecular flexibility index (Phi) is 6.51. The second-order valence-electron chi connectivity index (χ2n) is 7.84. The highest BCUT2D eigenvalue weighted by Crippen LogP contribution is 2.39. The van der Waals surface area contributed by atoms with Crippen LogP contribution in [0.2, 0.25) is 0 Å². The van der Waals surface area contributed by atoms with E-state index >= 15 is 0 Å². The Morgan fingerprint density at radius 1 is 1.00 bits per heavy atom. The first kappa shape index (κ1) is 22.2. The van der Waals surface area contributed by atoms with Crippen LogP contribution in [-0.2, 0) is 11.3 Å². The Bertz CT molecular complexity index is 1200. The molecule has 3 aromatic rings. The summed E-state index contributed by atoms with van der Waals surface area (Å²) in [6, 6.07) is 22.0. The average molecular weight is 443 g/mol. The number of carbonyl (C=O) groups excluding carboxylic acids is 1. The normalized spacial score (nSPS) is 14.1. The first-order chi connectivity index (χ1) is 16.0. The molecule has 1 aliphatic rings. The van der Waals surface area contributed by atoms with Crippen molar-refractivity contribution >= 4 is 34.2 Å². The number of hydrogen-bond donors (Lipinski definition) is 2. The highest BCUT2D eigenvalue weighted by Gasteiger charge is 2.30. The van der Waals surface area contributed by atoms with E-state index in [9.17, 15) is 14.9 Å². The number of rotatable bonds is 8.